The molecule has 26 heavy (non-hydrogen) atoms. The van der Waals surface area contributed by atoms with E-state index < -0.39 is 5.82 Å². The highest BCUT2D eigenvalue weighted by Gasteiger charge is 2.42. The molecule has 0 amide bonds. The highest BCUT2D eigenvalue weighted by Crippen LogP contribution is 2.40. The Morgan fingerprint density at radius 3 is 2.81 bits per heavy atom. The quantitative estimate of drug-likeness (QED) is 0.838. The molecular weight excluding hydrogens is 333 g/mol. The Labute approximate surface area is 153 Å². The van der Waals surface area contributed by atoms with Crippen molar-refractivity contribution in [1.29, 1.82) is 0 Å². The summed E-state index contributed by atoms with van der Waals surface area (Å²) in [4.78, 5) is 17.3. The first-order valence-corrected chi connectivity index (χ1v) is 9.10. The van der Waals surface area contributed by atoms with Gasteiger partial charge in [-0.15, -0.1) is 0 Å². The molecule has 0 aromatic carbocycles. The van der Waals surface area contributed by atoms with E-state index in [9.17, 15) is 4.39 Å². The third-order valence-corrected chi connectivity index (χ3v) is 5.51. The van der Waals surface area contributed by atoms with E-state index in [-0.39, 0.29) is 5.41 Å². The summed E-state index contributed by atoms with van der Waals surface area (Å²) in [6.07, 6.45) is 7.75. The van der Waals surface area contributed by atoms with Crippen LogP contribution in [0.1, 0.15) is 24.8 Å². The van der Waals surface area contributed by atoms with Crippen molar-refractivity contribution in [1.82, 2.24) is 19.9 Å². The number of anilines is 1. The second-order valence-electron chi connectivity index (χ2n) is 7.36. The lowest BCUT2D eigenvalue weighted by Gasteiger charge is -2.40. The lowest BCUT2D eigenvalue weighted by atomic mass is 9.79. The number of halogens is 1. The summed E-state index contributed by atoms with van der Waals surface area (Å²) in [5.74, 6) is 0.953. The van der Waals surface area contributed by atoms with E-state index >= 15 is 0 Å². The van der Waals surface area contributed by atoms with Crippen LogP contribution in [0, 0.1) is 11.2 Å². The number of nitrogens with zero attached hydrogens (tertiary/aromatic N) is 5. The van der Waals surface area contributed by atoms with E-state index in [1.54, 1.807) is 13.3 Å². The summed E-state index contributed by atoms with van der Waals surface area (Å²) in [6.45, 7) is 4.83. The molecule has 0 radical (unpaired) electrons. The number of hydrogen-bond donors (Lipinski definition) is 0. The fourth-order valence-corrected chi connectivity index (χ4v) is 4.31. The molecule has 0 N–H and O–H groups in total. The molecule has 6 nitrogen and oxygen atoms in total. The minimum Gasteiger partial charge on any atom is -0.481 e. The van der Waals surface area contributed by atoms with Gasteiger partial charge in [-0.05, 0) is 31.9 Å². The number of ether oxygens (including phenoxy) is 1. The first kappa shape index (κ1) is 17.1. The molecule has 2 fully saturated rings. The molecule has 2 aromatic heterocycles. The molecule has 1 spiro atoms. The van der Waals surface area contributed by atoms with Gasteiger partial charge in [0.1, 0.15) is 0 Å². The molecule has 0 saturated carbocycles. The summed E-state index contributed by atoms with van der Waals surface area (Å²) < 4.78 is 18.5. The second-order valence-corrected chi connectivity index (χ2v) is 7.36. The van der Waals surface area contributed by atoms with Gasteiger partial charge in [0.15, 0.2) is 5.82 Å². The Balaban J connectivity index is 1.44. The molecule has 4 heterocycles. The smallest absolute Gasteiger partial charge is 0.225 e. The van der Waals surface area contributed by atoms with Crippen LogP contribution in [0.3, 0.4) is 0 Å². The average Bonchev–Trinajstić information content (AvgIpc) is 3.04. The predicted molar refractivity (Wildman–Crippen MR) is 96.6 cm³/mol. The van der Waals surface area contributed by atoms with Gasteiger partial charge in [0.25, 0.3) is 0 Å². The summed E-state index contributed by atoms with van der Waals surface area (Å²) in [5.41, 5.74) is 1.38. The molecule has 7 heteroatoms. The molecule has 4 rings (SSSR count). The first-order valence-electron chi connectivity index (χ1n) is 9.10. The van der Waals surface area contributed by atoms with Gasteiger partial charge >= 0.3 is 0 Å². The molecular formula is C19H24FN5O. The highest BCUT2D eigenvalue weighted by molar-refractivity contribution is 5.31. The maximum atomic E-state index is 13.1. The van der Waals surface area contributed by atoms with Gasteiger partial charge in [0, 0.05) is 43.4 Å². The normalized spacial score (nSPS) is 23.5. The van der Waals surface area contributed by atoms with Crippen LogP contribution in [0.4, 0.5) is 10.3 Å². The van der Waals surface area contributed by atoms with Gasteiger partial charge in [0.05, 0.1) is 19.5 Å². The van der Waals surface area contributed by atoms with Crippen molar-refractivity contribution >= 4 is 5.95 Å². The van der Waals surface area contributed by atoms with E-state index in [0.717, 1.165) is 51.1 Å². The zero-order chi connectivity index (χ0) is 18.0. The zero-order valence-corrected chi connectivity index (χ0v) is 15.1. The minimum absolute atomic E-state index is 0.255. The number of aromatic nitrogens is 3. The Kier molecular flexibility index (Phi) is 4.72. The van der Waals surface area contributed by atoms with Crippen molar-refractivity contribution < 1.29 is 9.13 Å². The van der Waals surface area contributed by atoms with Crippen molar-refractivity contribution in [3.8, 4) is 5.88 Å². The van der Waals surface area contributed by atoms with Crippen molar-refractivity contribution in [2.75, 3.05) is 38.2 Å². The Hall–Kier alpha value is -2.28. The Morgan fingerprint density at radius 1 is 1.15 bits per heavy atom. The molecule has 1 atom stereocenters. The Morgan fingerprint density at radius 2 is 2.00 bits per heavy atom. The number of likely N-dealkylation sites (tertiary alicyclic amines) is 1. The van der Waals surface area contributed by atoms with Crippen LogP contribution in [0.25, 0.3) is 0 Å². The molecule has 138 valence electrons. The minimum atomic E-state index is -0.391. The van der Waals surface area contributed by atoms with E-state index in [1.807, 2.05) is 6.07 Å². The predicted octanol–water partition coefficient (Wildman–Crippen LogP) is 2.51. The van der Waals surface area contributed by atoms with Crippen LogP contribution < -0.4 is 9.64 Å². The van der Waals surface area contributed by atoms with Gasteiger partial charge in [-0.1, -0.05) is 6.07 Å². The monoisotopic (exact) mass is 357 g/mol. The van der Waals surface area contributed by atoms with E-state index in [0.29, 0.717) is 11.8 Å². The van der Waals surface area contributed by atoms with Crippen molar-refractivity contribution in [2.45, 2.75) is 25.8 Å². The molecule has 2 aliphatic rings. The van der Waals surface area contributed by atoms with Gasteiger partial charge in [-0.2, -0.15) is 0 Å². The zero-order valence-electron chi connectivity index (χ0n) is 15.1. The fraction of sp³-hybridized carbons (Fsp3) is 0.526. The van der Waals surface area contributed by atoms with E-state index in [1.165, 1.54) is 18.8 Å². The third-order valence-electron chi connectivity index (χ3n) is 5.51. The number of piperidine rings is 1. The number of pyridine rings is 1. The third kappa shape index (κ3) is 3.49. The Bertz CT molecular complexity index is 756. The molecule has 0 unspecified atom stereocenters. The SMILES string of the molecule is COc1ncccc1CN1CC[C@@]2(CCCN(c3ncc(F)cn3)C2)C1. The largest absolute Gasteiger partial charge is 0.481 e. The van der Waals surface area contributed by atoms with Crippen molar-refractivity contribution in [3.63, 3.8) is 0 Å². The summed E-state index contributed by atoms with van der Waals surface area (Å²) >= 11 is 0. The maximum Gasteiger partial charge on any atom is 0.225 e. The van der Waals surface area contributed by atoms with Crippen LogP contribution in [0.15, 0.2) is 30.7 Å². The summed E-state index contributed by atoms with van der Waals surface area (Å²) in [5, 5.41) is 0. The van der Waals surface area contributed by atoms with E-state index in [2.05, 4.69) is 30.8 Å². The first-order chi connectivity index (χ1) is 12.7. The lowest BCUT2D eigenvalue weighted by Crippen LogP contribution is -2.45. The topological polar surface area (TPSA) is 54.4 Å². The van der Waals surface area contributed by atoms with Gasteiger partial charge in [-0.3, -0.25) is 4.90 Å². The molecule has 2 aromatic rings. The van der Waals surface area contributed by atoms with Crippen LogP contribution in [-0.4, -0.2) is 53.1 Å². The standard InChI is InChI=1S/C19H24FN5O/c1-26-17-15(4-2-7-21-17)12-24-9-6-19(13-24)5-3-8-25(14-19)18-22-10-16(20)11-23-18/h2,4,7,10-11H,3,5-6,8-9,12-14H2,1H3/t19-/m0/s1. The van der Waals surface area contributed by atoms with Crippen LogP contribution >= 0.6 is 0 Å². The highest BCUT2D eigenvalue weighted by atomic mass is 19.1. The molecule has 0 bridgehead atoms. The molecule has 2 saturated heterocycles. The van der Waals surface area contributed by atoms with Gasteiger partial charge in [0.2, 0.25) is 11.8 Å². The lowest BCUT2D eigenvalue weighted by molar-refractivity contribution is 0.214. The van der Waals surface area contributed by atoms with Crippen molar-refractivity contribution in [2.24, 2.45) is 5.41 Å². The molecule has 0 aliphatic carbocycles. The van der Waals surface area contributed by atoms with Crippen LogP contribution in [0.2, 0.25) is 0 Å². The van der Waals surface area contributed by atoms with Crippen LogP contribution in [0.5, 0.6) is 5.88 Å². The van der Waals surface area contributed by atoms with Gasteiger partial charge in [-0.25, -0.2) is 19.3 Å². The van der Waals surface area contributed by atoms with Crippen molar-refractivity contribution in [3.05, 3.63) is 42.1 Å². The van der Waals surface area contributed by atoms with E-state index in [4.69, 9.17) is 4.74 Å². The average molecular weight is 357 g/mol. The van der Waals surface area contributed by atoms with Crippen LogP contribution in [-0.2, 0) is 6.54 Å². The number of rotatable bonds is 4. The molecule has 2 aliphatic heterocycles. The maximum absolute atomic E-state index is 13.1. The number of methoxy groups -OCH3 is 1. The summed E-state index contributed by atoms with van der Waals surface area (Å²) in [6, 6.07) is 4.04. The fourth-order valence-electron chi connectivity index (χ4n) is 4.31. The summed E-state index contributed by atoms with van der Waals surface area (Å²) in [7, 11) is 1.67. The van der Waals surface area contributed by atoms with Gasteiger partial charge < -0.3 is 9.64 Å². The number of hydrogen-bond acceptors (Lipinski definition) is 6. The second kappa shape index (κ2) is 7.15.